The van der Waals surface area contributed by atoms with Crippen molar-refractivity contribution in [1.82, 2.24) is 10.2 Å². The van der Waals surface area contributed by atoms with Crippen molar-refractivity contribution in [2.24, 2.45) is 0 Å². The Morgan fingerprint density at radius 3 is 2.68 bits per heavy atom. The van der Waals surface area contributed by atoms with Crippen LogP contribution >= 0.6 is 23.2 Å². The first-order valence-electron chi connectivity index (χ1n) is 7.63. The fourth-order valence-corrected chi connectivity index (χ4v) is 2.98. The zero-order chi connectivity index (χ0) is 18.6. The third kappa shape index (κ3) is 4.62. The average Bonchev–Trinajstić information content (AvgIpc) is 3.05. The summed E-state index contributed by atoms with van der Waals surface area (Å²) < 4.78 is 4.79. The second-order valence-corrected chi connectivity index (χ2v) is 6.45. The molecule has 1 aromatic carbocycles. The largest absolute Gasteiger partial charge is 0.480 e. The quantitative estimate of drug-likeness (QED) is 0.774. The minimum atomic E-state index is -1.20. The molecule has 1 fully saturated rings. The number of hydrogen-bond acceptors (Lipinski definition) is 4. The molecule has 1 heterocycles. The fraction of sp³-hybridized carbons (Fsp3) is 0.438. The van der Waals surface area contributed by atoms with Crippen LogP contribution in [0.3, 0.4) is 0 Å². The highest BCUT2D eigenvalue weighted by Crippen LogP contribution is 2.26. The molecule has 7 nitrogen and oxygen atoms in total. The predicted molar refractivity (Wildman–Crippen MR) is 92.0 cm³/mol. The Balaban J connectivity index is 2.13. The highest BCUT2D eigenvalue weighted by Gasteiger charge is 2.36. The Labute approximate surface area is 154 Å². The van der Waals surface area contributed by atoms with E-state index in [1.54, 1.807) is 0 Å². The van der Waals surface area contributed by atoms with Crippen LogP contribution in [0.15, 0.2) is 18.2 Å². The third-order valence-electron chi connectivity index (χ3n) is 3.93. The number of halogens is 2. The molecule has 0 bridgehead atoms. The summed E-state index contributed by atoms with van der Waals surface area (Å²) in [4.78, 5) is 37.7. The summed E-state index contributed by atoms with van der Waals surface area (Å²) in [6.45, 7) is 0.244. The lowest BCUT2D eigenvalue weighted by atomic mass is 10.1. The highest BCUT2D eigenvalue weighted by molar-refractivity contribution is 6.42. The van der Waals surface area contributed by atoms with Gasteiger partial charge in [0.1, 0.15) is 6.04 Å². The van der Waals surface area contributed by atoms with Gasteiger partial charge in [-0.25, -0.2) is 4.79 Å². The molecule has 2 atom stereocenters. The zero-order valence-corrected chi connectivity index (χ0v) is 15.0. The maximum Gasteiger partial charge on any atom is 0.328 e. The lowest BCUT2D eigenvalue weighted by Gasteiger charge is -2.25. The molecule has 2 rings (SSSR count). The van der Waals surface area contributed by atoms with Crippen molar-refractivity contribution in [2.75, 3.05) is 20.3 Å². The molecule has 2 unspecified atom stereocenters. The van der Waals surface area contributed by atoms with E-state index in [2.05, 4.69) is 5.32 Å². The number of methoxy groups -OCH3 is 1. The van der Waals surface area contributed by atoms with Gasteiger partial charge in [-0.05, 0) is 31.0 Å². The number of carboxylic acid groups (broad SMARTS) is 1. The molecule has 136 valence electrons. The number of amides is 2. The number of nitrogens with zero attached hydrogens (tertiary/aromatic N) is 1. The molecule has 1 aliphatic rings. The van der Waals surface area contributed by atoms with E-state index in [-0.39, 0.29) is 17.5 Å². The molecule has 1 aromatic rings. The summed E-state index contributed by atoms with van der Waals surface area (Å²) in [5.74, 6) is -2.07. The van der Waals surface area contributed by atoms with Crippen molar-refractivity contribution in [3.63, 3.8) is 0 Å². The van der Waals surface area contributed by atoms with Crippen molar-refractivity contribution < 1.29 is 24.2 Å². The number of nitrogens with one attached hydrogen (secondary N) is 1. The Hall–Kier alpha value is -1.83. The van der Waals surface area contributed by atoms with Gasteiger partial charge in [-0.3, -0.25) is 9.59 Å². The Morgan fingerprint density at radius 1 is 1.36 bits per heavy atom. The molecule has 0 spiro atoms. The van der Waals surface area contributed by atoms with E-state index in [4.69, 9.17) is 33.0 Å². The monoisotopic (exact) mass is 388 g/mol. The van der Waals surface area contributed by atoms with Crippen LogP contribution in [0.1, 0.15) is 23.2 Å². The number of benzene rings is 1. The zero-order valence-electron chi connectivity index (χ0n) is 13.5. The van der Waals surface area contributed by atoms with E-state index in [1.807, 2.05) is 0 Å². The Morgan fingerprint density at radius 2 is 2.08 bits per heavy atom. The maximum absolute atomic E-state index is 12.7. The summed E-state index contributed by atoms with van der Waals surface area (Å²) in [5.41, 5.74) is 0.320. The van der Waals surface area contributed by atoms with Gasteiger partial charge < -0.3 is 20.1 Å². The normalized spacial score (nSPS) is 18.0. The lowest BCUT2D eigenvalue weighted by molar-refractivity contribution is -0.143. The van der Waals surface area contributed by atoms with E-state index in [9.17, 15) is 14.4 Å². The van der Waals surface area contributed by atoms with Crippen molar-refractivity contribution in [3.8, 4) is 0 Å². The van der Waals surface area contributed by atoms with Gasteiger partial charge in [0.15, 0.2) is 6.04 Å². The van der Waals surface area contributed by atoms with Crippen molar-refractivity contribution in [3.05, 3.63) is 33.8 Å². The molecule has 1 aliphatic heterocycles. The molecule has 1 saturated heterocycles. The van der Waals surface area contributed by atoms with Crippen molar-refractivity contribution >= 4 is 41.0 Å². The predicted octanol–water partition coefficient (Wildman–Crippen LogP) is 1.81. The van der Waals surface area contributed by atoms with Crippen LogP contribution in [0, 0.1) is 0 Å². The molecule has 0 radical (unpaired) electrons. The van der Waals surface area contributed by atoms with Crippen LogP contribution in [0.2, 0.25) is 10.0 Å². The lowest BCUT2D eigenvalue weighted by Crippen LogP contribution is -2.52. The molecule has 0 aromatic heterocycles. The number of ether oxygens (including phenoxy) is 1. The second kappa shape index (κ2) is 8.51. The van der Waals surface area contributed by atoms with Gasteiger partial charge in [-0.1, -0.05) is 23.2 Å². The van der Waals surface area contributed by atoms with Gasteiger partial charge in [-0.2, -0.15) is 0 Å². The molecular formula is C16H18Cl2N2O5. The van der Waals surface area contributed by atoms with Gasteiger partial charge in [-0.15, -0.1) is 0 Å². The van der Waals surface area contributed by atoms with Gasteiger partial charge in [0.25, 0.3) is 5.91 Å². The van der Waals surface area contributed by atoms with Gasteiger partial charge >= 0.3 is 5.97 Å². The van der Waals surface area contributed by atoms with Gasteiger partial charge in [0.2, 0.25) is 5.91 Å². The number of carboxylic acids is 1. The van der Waals surface area contributed by atoms with E-state index in [0.717, 1.165) is 0 Å². The number of carbonyl (C=O) groups excluding carboxylic acids is 2. The molecular weight excluding hydrogens is 371 g/mol. The first-order chi connectivity index (χ1) is 11.8. The summed E-state index contributed by atoms with van der Waals surface area (Å²) in [7, 11) is 1.35. The summed E-state index contributed by atoms with van der Waals surface area (Å²) in [6.07, 6.45) is 1.10. The molecule has 0 saturated carbocycles. The standard InChI is InChI=1S/C16H18Cl2N2O5/c1-25-8-12(16(23)24)19-14(21)13-3-2-6-20(13)15(22)9-4-5-10(17)11(18)7-9/h4-5,7,12-13H,2-3,6,8H2,1H3,(H,19,21)(H,23,24). The summed E-state index contributed by atoms with van der Waals surface area (Å²) >= 11 is 11.8. The topological polar surface area (TPSA) is 95.9 Å². The molecule has 9 heteroatoms. The van der Waals surface area contributed by atoms with Crippen LogP contribution in [0.5, 0.6) is 0 Å². The maximum atomic E-state index is 12.7. The number of rotatable bonds is 6. The van der Waals surface area contributed by atoms with Crippen LogP contribution in [-0.4, -0.2) is 60.1 Å². The molecule has 2 N–H and O–H groups in total. The fourth-order valence-electron chi connectivity index (χ4n) is 2.69. The van der Waals surface area contributed by atoms with Crippen LogP contribution < -0.4 is 5.32 Å². The minimum absolute atomic E-state index is 0.158. The summed E-state index contributed by atoms with van der Waals surface area (Å²) in [6, 6.07) is 2.60. The Kier molecular flexibility index (Phi) is 6.64. The first-order valence-corrected chi connectivity index (χ1v) is 8.39. The Bertz CT molecular complexity index is 682. The number of likely N-dealkylation sites (tertiary alicyclic amines) is 1. The van der Waals surface area contributed by atoms with Gasteiger partial charge in [0.05, 0.1) is 16.7 Å². The smallest absolute Gasteiger partial charge is 0.328 e. The molecule has 25 heavy (non-hydrogen) atoms. The van der Waals surface area contributed by atoms with Crippen LogP contribution in [-0.2, 0) is 14.3 Å². The van der Waals surface area contributed by atoms with Crippen molar-refractivity contribution in [2.45, 2.75) is 24.9 Å². The van der Waals surface area contributed by atoms with Crippen LogP contribution in [0.4, 0.5) is 0 Å². The molecule has 2 amide bonds. The minimum Gasteiger partial charge on any atom is -0.480 e. The average molecular weight is 389 g/mol. The van der Waals surface area contributed by atoms with E-state index >= 15 is 0 Å². The van der Waals surface area contributed by atoms with Gasteiger partial charge in [0, 0.05) is 19.2 Å². The van der Waals surface area contributed by atoms with E-state index < -0.39 is 24.0 Å². The van der Waals surface area contributed by atoms with Crippen molar-refractivity contribution in [1.29, 1.82) is 0 Å². The number of aliphatic carboxylic acids is 1. The number of hydrogen-bond donors (Lipinski definition) is 2. The number of carbonyl (C=O) groups is 3. The highest BCUT2D eigenvalue weighted by atomic mass is 35.5. The SMILES string of the molecule is COCC(NC(=O)C1CCCN1C(=O)c1ccc(Cl)c(Cl)c1)C(=O)O. The summed E-state index contributed by atoms with van der Waals surface area (Å²) in [5, 5.41) is 12.1. The van der Waals surface area contributed by atoms with E-state index in [0.29, 0.717) is 30.0 Å². The second-order valence-electron chi connectivity index (χ2n) is 5.64. The van der Waals surface area contributed by atoms with E-state index in [1.165, 1.54) is 30.2 Å². The van der Waals surface area contributed by atoms with Crippen LogP contribution in [0.25, 0.3) is 0 Å². The third-order valence-corrected chi connectivity index (χ3v) is 4.67. The molecule has 0 aliphatic carbocycles. The first kappa shape index (κ1) is 19.5.